The second-order valence-electron chi connectivity index (χ2n) is 4.06. The number of tetrazole rings is 1. The van der Waals surface area contributed by atoms with E-state index >= 15 is 0 Å². The summed E-state index contributed by atoms with van der Waals surface area (Å²) >= 11 is 0. The van der Waals surface area contributed by atoms with Crippen molar-refractivity contribution in [3.05, 3.63) is 35.9 Å². The molecule has 0 fully saturated rings. The van der Waals surface area contributed by atoms with Gasteiger partial charge in [0.2, 0.25) is 0 Å². The number of fused-ring (bicyclic) bond motifs is 1. The fourth-order valence-electron chi connectivity index (χ4n) is 1.95. The second-order valence-corrected chi connectivity index (χ2v) is 4.06. The summed E-state index contributed by atoms with van der Waals surface area (Å²) in [4.78, 5) is 0. The second kappa shape index (κ2) is 4.30. The molecule has 0 aliphatic rings. The summed E-state index contributed by atoms with van der Waals surface area (Å²) in [5.74, 6) is -1.19. The Hall–Kier alpha value is -2.42. The number of hydrogen-bond donors (Lipinski definition) is 1. The highest BCUT2D eigenvalue weighted by Gasteiger charge is 2.38. The van der Waals surface area contributed by atoms with Crippen LogP contribution in [0.1, 0.15) is 11.4 Å². The van der Waals surface area contributed by atoms with Gasteiger partial charge in [-0.25, -0.2) is 0 Å². The van der Waals surface area contributed by atoms with E-state index in [0.717, 1.165) is 0 Å². The van der Waals surface area contributed by atoms with Crippen LogP contribution in [0.25, 0.3) is 16.7 Å². The molecule has 0 aliphatic heterocycles. The molecular formula is C11H8F3N5O. The predicted molar refractivity (Wildman–Crippen MR) is 61.8 cm³/mol. The zero-order valence-corrected chi connectivity index (χ0v) is 9.92. The van der Waals surface area contributed by atoms with Gasteiger partial charge in [0.15, 0.2) is 0 Å². The van der Waals surface area contributed by atoms with Crippen LogP contribution in [0.15, 0.2) is 28.9 Å². The van der Waals surface area contributed by atoms with Gasteiger partial charge in [0.1, 0.15) is 5.58 Å². The van der Waals surface area contributed by atoms with Crippen molar-refractivity contribution in [2.45, 2.75) is 12.7 Å². The highest BCUT2D eigenvalue weighted by atomic mass is 19.4. The average Bonchev–Trinajstić information content (AvgIpc) is 3.04. The summed E-state index contributed by atoms with van der Waals surface area (Å²) in [6.07, 6.45) is -3.20. The highest BCUT2D eigenvalue weighted by Crippen LogP contribution is 2.30. The molecule has 0 atom stereocenters. The Bertz CT molecular complexity index is 761. The van der Waals surface area contributed by atoms with Crippen molar-refractivity contribution in [1.82, 2.24) is 20.2 Å². The molecule has 0 bridgehead atoms. The van der Waals surface area contributed by atoms with Gasteiger partial charge in [0.25, 0.3) is 5.82 Å². The van der Waals surface area contributed by atoms with E-state index < -0.39 is 12.0 Å². The number of aromatic nitrogens is 4. The van der Waals surface area contributed by atoms with Gasteiger partial charge in [0.05, 0.1) is 12.0 Å². The zero-order chi connectivity index (χ0) is 14.3. The molecule has 104 valence electrons. The molecule has 0 amide bonds. The molecule has 20 heavy (non-hydrogen) atoms. The number of furan rings is 1. The number of nitrogens with zero attached hydrogens (tertiary/aromatic N) is 4. The fourth-order valence-corrected chi connectivity index (χ4v) is 1.95. The molecule has 2 heterocycles. The molecule has 0 radical (unpaired) electrons. The van der Waals surface area contributed by atoms with E-state index in [4.69, 9.17) is 10.2 Å². The third-order valence-electron chi connectivity index (χ3n) is 2.80. The Morgan fingerprint density at radius 1 is 1.30 bits per heavy atom. The summed E-state index contributed by atoms with van der Waals surface area (Å²) in [5, 5.41) is 10.1. The number of nitrogens with two attached hydrogens (primary N) is 1. The lowest BCUT2D eigenvalue weighted by Crippen LogP contribution is -2.15. The van der Waals surface area contributed by atoms with Crippen molar-refractivity contribution < 1.29 is 17.6 Å². The minimum atomic E-state index is -4.64. The summed E-state index contributed by atoms with van der Waals surface area (Å²) in [6.45, 7) is 0.126. The van der Waals surface area contributed by atoms with Crippen LogP contribution in [0.4, 0.5) is 13.2 Å². The van der Waals surface area contributed by atoms with Gasteiger partial charge >= 0.3 is 6.18 Å². The number of hydrogen-bond acceptors (Lipinski definition) is 5. The van der Waals surface area contributed by atoms with Crippen LogP contribution in [0.5, 0.6) is 0 Å². The molecule has 2 N–H and O–H groups in total. The van der Waals surface area contributed by atoms with E-state index in [1.165, 1.54) is 18.4 Å². The van der Waals surface area contributed by atoms with Crippen LogP contribution in [0, 0.1) is 0 Å². The third-order valence-corrected chi connectivity index (χ3v) is 2.80. The Kier molecular flexibility index (Phi) is 2.71. The molecule has 9 heteroatoms. The Morgan fingerprint density at radius 3 is 2.80 bits per heavy atom. The van der Waals surface area contributed by atoms with E-state index in [1.807, 2.05) is 0 Å². The molecular weight excluding hydrogens is 275 g/mol. The molecule has 3 aromatic rings. The van der Waals surface area contributed by atoms with Crippen molar-refractivity contribution in [2.75, 3.05) is 0 Å². The van der Waals surface area contributed by atoms with Gasteiger partial charge in [-0.15, -0.1) is 5.10 Å². The fraction of sp³-hybridized carbons (Fsp3) is 0.182. The first-order chi connectivity index (χ1) is 9.50. The zero-order valence-electron chi connectivity index (χ0n) is 9.92. The smallest absolute Gasteiger partial charge is 0.453 e. The minimum Gasteiger partial charge on any atom is -0.464 e. The Labute approximate surface area is 110 Å². The number of benzene rings is 1. The van der Waals surface area contributed by atoms with Gasteiger partial charge in [-0.05, 0) is 28.6 Å². The monoisotopic (exact) mass is 283 g/mol. The largest absolute Gasteiger partial charge is 0.464 e. The first kappa shape index (κ1) is 12.6. The maximum Gasteiger partial charge on any atom is 0.453 e. The first-order valence-corrected chi connectivity index (χ1v) is 5.57. The molecule has 6 nitrogen and oxygen atoms in total. The molecule has 0 aliphatic carbocycles. The van der Waals surface area contributed by atoms with Crippen LogP contribution in [0.3, 0.4) is 0 Å². The molecule has 0 spiro atoms. The summed E-state index contributed by atoms with van der Waals surface area (Å²) < 4.78 is 44.3. The third kappa shape index (κ3) is 1.92. The maximum absolute atomic E-state index is 12.8. The number of halogens is 3. The SMILES string of the molecule is NCc1cc(-n2nnnc2C(F)(F)F)cc2ccoc12. The summed E-state index contributed by atoms with van der Waals surface area (Å²) in [5.41, 5.74) is 6.87. The van der Waals surface area contributed by atoms with Gasteiger partial charge in [-0.1, -0.05) is 0 Å². The lowest BCUT2D eigenvalue weighted by Gasteiger charge is -2.08. The molecule has 0 unspecified atom stereocenters. The van der Waals surface area contributed by atoms with Gasteiger partial charge in [-0.2, -0.15) is 17.9 Å². The van der Waals surface area contributed by atoms with E-state index in [0.29, 0.717) is 21.2 Å². The van der Waals surface area contributed by atoms with Crippen LogP contribution < -0.4 is 5.73 Å². The van der Waals surface area contributed by atoms with E-state index in [2.05, 4.69) is 15.5 Å². The van der Waals surface area contributed by atoms with Crippen molar-refractivity contribution in [2.24, 2.45) is 5.73 Å². The van der Waals surface area contributed by atoms with Crippen LogP contribution in [0.2, 0.25) is 0 Å². The molecule has 2 aromatic heterocycles. The maximum atomic E-state index is 12.8. The lowest BCUT2D eigenvalue weighted by atomic mass is 10.1. The van der Waals surface area contributed by atoms with Gasteiger partial charge < -0.3 is 10.2 Å². The normalized spacial score (nSPS) is 12.2. The average molecular weight is 283 g/mol. The Balaban J connectivity index is 2.22. The lowest BCUT2D eigenvalue weighted by molar-refractivity contribution is -0.146. The van der Waals surface area contributed by atoms with Crippen molar-refractivity contribution in [3.63, 3.8) is 0 Å². The van der Waals surface area contributed by atoms with Gasteiger partial charge in [-0.3, -0.25) is 0 Å². The molecule has 3 rings (SSSR count). The topological polar surface area (TPSA) is 82.8 Å². The number of alkyl halides is 3. The summed E-state index contributed by atoms with van der Waals surface area (Å²) in [6, 6.07) is 4.61. The van der Waals surface area contributed by atoms with Gasteiger partial charge in [0, 0.05) is 17.5 Å². The van der Waals surface area contributed by atoms with Crippen molar-refractivity contribution >= 4 is 11.0 Å². The predicted octanol–water partition coefficient (Wildman–Crippen LogP) is 1.89. The van der Waals surface area contributed by atoms with Crippen LogP contribution in [-0.2, 0) is 12.7 Å². The van der Waals surface area contributed by atoms with Crippen LogP contribution in [-0.4, -0.2) is 20.2 Å². The molecule has 0 saturated carbocycles. The summed E-state index contributed by atoms with van der Waals surface area (Å²) in [7, 11) is 0. The molecule has 0 saturated heterocycles. The van der Waals surface area contributed by atoms with Crippen molar-refractivity contribution in [1.29, 1.82) is 0 Å². The first-order valence-electron chi connectivity index (χ1n) is 5.57. The highest BCUT2D eigenvalue weighted by molar-refractivity contribution is 5.82. The Morgan fingerprint density at radius 2 is 2.10 bits per heavy atom. The van der Waals surface area contributed by atoms with E-state index in [1.54, 1.807) is 6.07 Å². The standard InChI is InChI=1S/C11H8F3N5O/c12-11(13,14)10-16-17-18-19(10)8-3-6-1-2-20-9(6)7(4-8)5-15/h1-4H,5,15H2. The van der Waals surface area contributed by atoms with Crippen molar-refractivity contribution in [3.8, 4) is 5.69 Å². The van der Waals surface area contributed by atoms with E-state index in [9.17, 15) is 13.2 Å². The quantitative estimate of drug-likeness (QED) is 0.776. The number of rotatable bonds is 2. The van der Waals surface area contributed by atoms with Crippen LogP contribution >= 0.6 is 0 Å². The van der Waals surface area contributed by atoms with E-state index in [-0.39, 0.29) is 12.2 Å². The minimum absolute atomic E-state index is 0.126. The molecule has 1 aromatic carbocycles.